The summed E-state index contributed by atoms with van der Waals surface area (Å²) in [5.41, 5.74) is -0.304. The zero-order valence-corrected chi connectivity index (χ0v) is 9.64. The van der Waals surface area contributed by atoms with Crippen molar-refractivity contribution < 1.29 is 17.9 Å². The minimum absolute atomic E-state index is 0.0558. The molecular weight excluding hydrogens is 231 g/mol. The van der Waals surface area contributed by atoms with E-state index in [1.54, 1.807) is 13.1 Å². The quantitative estimate of drug-likeness (QED) is 0.865. The van der Waals surface area contributed by atoms with Crippen molar-refractivity contribution in [2.24, 2.45) is 0 Å². The van der Waals surface area contributed by atoms with Crippen LogP contribution in [0.25, 0.3) is 0 Å². The van der Waals surface area contributed by atoms with Crippen molar-refractivity contribution in [3.63, 3.8) is 0 Å². The SMILES string of the molecule is CNC(C)C1COc2cccc(C(F)(F)F)c21. The zero-order valence-electron chi connectivity index (χ0n) is 9.64. The summed E-state index contributed by atoms with van der Waals surface area (Å²) in [6, 6.07) is 4.03. The number of nitrogens with one attached hydrogen (secondary N) is 1. The summed E-state index contributed by atoms with van der Waals surface area (Å²) in [7, 11) is 1.73. The van der Waals surface area contributed by atoms with E-state index < -0.39 is 11.7 Å². The normalized spacial score (nSPS) is 20.9. The van der Waals surface area contributed by atoms with Crippen molar-refractivity contribution in [1.29, 1.82) is 0 Å². The van der Waals surface area contributed by atoms with Gasteiger partial charge in [0.15, 0.2) is 0 Å². The van der Waals surface area contributed by atoms with Crippen LogP contribution in [0, 0.1) is 0 Å². The van der Waals surface area contributed by atoms with Crippen LogP contribution in [0.1, 0.15) is 24.0 Å². The first-order valence-corrected chi connectivity index (χ1v) is 5.45. The number of ether oxygens (including phenoxy) is 1. The van der Waals surface area contributed by atoms with Crippen molar-refractivity contribution in [2.45, 2.75) is 25.1 Å². The molecule has 0 spiro atoms. The molecule has 0 amide bonds. The Kier molecular flexibility index (Phi) is 3.03. The van der Waals surface area contributed by atoms with Gasteiger partial charge in [0.1, 0.15) is 5.75 Å². The van der Waals surface area contributed by atoms with E-state index in [1.165, 1.54) is 6.07 Å². The summed E-state index contributed by atoms with van der Waals surface area (Å²) in [6.07, 6.45) is -4.33. The van der Waals surface area contributed by atoms with Gasteiger partial charge in [0.25, 0.3) is 0 Å². The molecule has 0 fully saturated rings. The number of hydrogen-bond acceptors (Lipinski definition) is 2. The van der Waals surface area contributed by atoms with Crippen LogP contribution in [0.15, 0.2) is 18.2 Å². The third-order valence-electron chi connectivity index (χ3n) is 3.22. The Hall–Kier alpha value is -1.23. The third-order valence-corrected chi connectivity index (χ3v) is 3.22. The van der Waals surface area contributed by atoms with Gasteiger partial charge in [-0.05, 0) is 26.1 Å². The first-order chi connectivity index (χ1) is 7.95. The molecule has 1 aromatic rings. The summed E-state index contributed by atoms with van der Waals surface area (Å²) in [4.78, 5) is 0. The number of likely N-dealkylation sites (N-methyl/N-ethyl adjacent to an activating group) is 1. The van der Waals surface area contributed by atoms with Gasteiger partial charge in [-0.2, -0.15) is 13.2 Å². The topological polar surface area (TPSA) is 21.3 Å². The summed E-state index contributed by atoms with van der Waals surface area (Å²) in [5, 5.41) is 2.98. The van der Waals surface area contributed by atoms with E-state index in [0.29, 0.717) is 12.4 Å². The Morgan fingerprint density at radius 2 is 2.12 bits per heavy atom. The van der Waals surface area contributed by atoms with Gasteiger partial charge in [0, 0.05) is 17.5 Å². The molecule has 5 heteroatoms. The first kappa shape index (κ1) is 12.2. The van der Waals surface area contributed by atoms with Gasteiger partial charge in [-0.1, -0.05) is 6.07 Å². The first-order valence-electron chi connectivity index (χ1n) is 5.45. The standard InChI is InChI=1S/C12H14F3NO/c1-7(16-2)8-6-17-10-5-3-4-9(11(8)10)12(13,14)15/h3-5,7-8,16H,6H2,1-2H3. The van der Waals surface area contributed by atoms with E-state index in [1.807, 2.05) is 6.92 Å². The fraction of sp³-hybridized carbons (Fsp3) is 0.500. The molecule has 0 saturated carbocycles. The smallest absolute Gasteiger partial charge is 0.416 e. The molecule has 1 aliphatic rings. The molecule has 1 N–H and O–H groups in total. The monoisotopic (exact) mass is 245 g/mol. The van der Waals surface area contributed by atoms with E-state index >= 15 is 0 Å². The number of fused-ring (bicyclic) bond motifs is 1. The van der Waals surface area contributed by atoms with Gasteiger partial charge in [-0.3, -0.25) is 0 Å². The Balaban J connectivity index is 2.49. The van der Waals surface area contributed by atoms with Crippen molar-refractivity contribution in [3.05, 3.63) is 29.3 Å². The number of alkyl halides is 3. The van der Waals surface area contributed by atoms with Crippen LogP contribution >= 0.6 is 0 Å². The Bertz CT molecular complexity index is 417. The minimum Gasteiger partial charge on any atom is -0.493 e. The number of benzene rings is 1. The number of rotatable bonds is 2. The predicted molar refractivity (Wildman–Crippen MR) is 58.2 cm³/mol. The molecule has 0 bridgehead atoms. The highest BCUT2D eigenvalue weighted by molar-refractivity contribution is 5.47. The number of halogens is 3. The third kappa shape index (κ3) is 2.11. The highest BCUT2D eigenvalue weighted by Crippen LogP contribution is 2.44. The van der Waals surface area contributed by atoms with Crippen LogP contribution in [-0.4, -0.2) is 19.7 Å². The van der Waals surface area contributed by atoms with Crippen LogP contribution in [0.3, 0.4) is 0 Å². The van der Waals surface area contributed by atoms with E-state index in [0.717, 1.165) is 6.07 Å². The maximum absolute atomic E-state index is 12.9. The Morgan fingerprint density at radius 3 is 2.71 bits per heavy atom. The lowest BCUT2D eigenvalue weighted by Gasteiger charge is -2.20. The van der Waals surface area contributed by atoms with Gasteiger partial charge >= 0.3 is 6.18 Å². The number of hydrogen-bond donors (Lipinski definition) is 1. The van der Waals surface area contributed by atoms with Crippen molar-refractivity contribution >= 4 is 0 Å². The summed E-state index contributed by atoms with van der Waals surface area (Å²) >= 11 is 0. The molecule has 94 valence electrons. The largest absolute Gasteiger partial charge is 0.493 e. The molecule has 1 heterocycles. The summed E-state index contributed by atoms with van der Waals surface area (Å²) < 4.78 is 44.1. The van der Waals surface area contributed by atoms with Crippen molar-refractivity contribution in [2.75, 3.05) is 13.7 Å². The summed E-state index contributed by atoms with van der Waals surface area (Å²) in [6.45, 7) is 2.15. The van der Waals surface area contributed by atoms with Crippen molar-refractivity contribution in [1.82, 2.24) is 5.32 Å². The molecule has 2 unspecified atom stereocenters. The zero-order chi connectivity index (χ0) is 12.6. The molecule has 2 nitrogen and oxygen atoms in total. The summed E-state index contributed by atoms with van der Waals surface area (Å²) in [5.74, 6) is 0.0970. The Labute approximate surface area is 97.8 Å². The van der Waals surface area contributed by atoms with Crippen LogP contribution in [0.4, 0.5) is 13.2 Å². The molecule has 1 aromatic carbocycles. The van der Waals surface area contributed by atoms with Gasteiger partial charge < -0.3 is 10.1 Å². The average molecular weight is 245 g/mol. The highest BCUT2D eigenvalue weighted by atomic mass is 19.4. The molecule has 0 saturated heterocycles. The Morgan fingerprint density at radius 1 is 1.41 bits per heavy atom. The fourth-order valence-corrected chi connectivity index (χ4v) is 2.16. The highest BCUT2D eigenvalue weighted by Gasteiger charge is 2.40. The van der Waals surface area contributed by atoms with Crippen LogP contribution in [0.2, 0.25) is 0 Å². The lowest BCUT2D eigenvalue weighted by Crippen LogP contribution is -2.30. The molecule has 2 atom stereocenters. The maximum Gasteiger partial charge on any atom is 0.416 e. The lowest BCUT2D eigenvalue weighted by molar-refractivity contribution is -0.138. The average Bonchev–Trinajstić information content (AvgIpc) is 2.70. The molecule has 0 aliphatic carbocycles. The van der Waals surface area contributed by atoms with Gasteiger partial charge in [0.05, 0.1) is 12.2 Å². The van der Waals surface area contributed by atoms with Crippen molar-refractivity contribution in [3.8, 4) is 5.75 Å². The predicted octanol–water partition coefficient (Wildman–Crippen LogP) is 2.79. The minimum atomic E-state index is -4.33. The maximum atomic E-state index is 12.9. The second-order valence-corrected chi connectivity index (χ2v) is 4.21. The van der Waals surface area contributed by atoms with E-state index in [4.69, 9.17) is 4.74 Å². The van der Waals surface area contributed by atoms with E-state index in [9.17, 15) is 13.2 Å². The van der Waals surface area contributed by atoms with Crippen LogP contribution < -0.4 is 10.1 Å². The van der Waals surface area contributed by atoms with Gasteiger partial charge in [0.2, 0.25) is 0 Å². The molecule has 2 rings (SSSR count). The second-order valence-electron chi connectivity index (χ2n) is 4.21. The van der Waals surface area contributed by atoms with Gasteiger partial charge in [-0.15, -0.1) is 0 Å². The molecular formula is C12H14F3NO. The molecule has 0 aromatic heterocycles. The molecule has 0 radical (unpaired) electrons. The fourth-order valence-electron chi connectivity index (χ4n) is 2.16. The van der Waals surface area contributed by atoms with Crippen LogP contribution in [-0.2, 0) is 6.18 Å². The lowest BCUT2D eigenvalue weighted by atomic mass is 9.90. The van der Waals surface area contributed by atoms with E-state index in [2.05, 4.69) is 5.32 Å². The van der Waals surface area contributed by atoms with Gasteiger partial charge in [-0.25, -0.2) is 0 Å². The van der Waals surface area contributed by atoms with Crippen LogP contribution in [0.5, 0.6) is 5.75 Å². The molecule has 1 aliphatic heterocycles. The molecule has 17 heavy (non-hydrogen) atoms. The van der Waals surface area contributed by atoms with E-state index in [-0.39, 0.29) is 17.5 Å². The second kappa shape index (κ2) is 4.22.